The van der Waals surface area contributed by atoms with Crippen LogP contribution in [0.25, 0.3) is 0 Å². The van der Waals surface area contributed by atoms with Gasteiger partial charge in [-0.1, -0.05) is 22.0 Å². The number of rotatable bonds is 2. The van der Waals surface area contributed by atoms with Gasteiger partial charge in [0, 0.05) is 17.1 Å². The zero-order valence-corrected chi connectivity index (χ0v) is 10.8. The highest BCUT2D eigenvalue weighted by molar-refractivity contribution is 9.10. The lowest BCUT2D eigenvalue weighted by Crippen LogP contribution is -2.26. The third-order valence-corrected chi connectivity index (χ3v) is 4.08. The average Bonchev–Trinajstić information content (AvgIpc) is 2.60. The zero-order chi connectivity index (χ0) is 10.8. The van der Waals surface area contributed by atoms with E-state index in [1.54, 1.807) is 11.8 Å². The van der Waals surface area contributed by atoms with E-state index in [-0.39, 0.29) is 10.7 Å². The first-order valence-electron chi connectivity index (χ1n) is 4.82. The lowest BCUT2D eigenvalue weighted by atomic mass is 10.3. The Labute approximate surface area is 102 Å². The number of carbonyl (C=O) groups is 1. The maximum Gasteiger partial charge on any atom is 0.240 e. The van der Waals surface area contributed by atoms with Gasteiger partial charge in [-0.25, -0.2) is 0 Å². The molecule has 0 saturated carbocycles. The number of carbonyl (C=O) groups excluding carboxylic acids is 1. The highest BCUT2D eigenvalue weighted by atomic mass is 79.9. The van der Waals surface area contributed by atoms with E-state index >= 15 is 0 Å². The fourth-order valence-corrected chi connectivity index (χ4v) is 2.59. The minimum Gasteiger partial charge on any atom is -0.311 e. The molecule has 1 heterocycles. The van der Waals surface area contributed by atoms with Gasteiger partial charge in [0.2, 0.25) is 5.91 Å². The molecule has 1 aliphatic heterocycles. The second-order valence-electron chi connectivity index (χ2n) is 3.45. The van der Waals surface area contributed by atoms with Crippen LogP contribution >= 0.6 is 27.7 Å². The molecule has 1 aromatic carbocycles. The van der Waals surface area contributed by atoms with Crippen molar-refractivity contribution in [2.75, 3.05) is 17.7 Å². The van der Waals surface area contributed by atoms with Crippen LogP contribution in [0, 0.1) is 0 Å². The molecular weight excluding hydrogens is 274 g/mol. The molecular formula is C11H12BrNOS. The molecule has 4 heteroatoms. The summed E-state index contributed by atoms with van der Waals surface area (Å²) in [6, 6.07) is 8.10. The predicted molar refractivity (Wildman–Crippen MR) is 67.9 cm³/mol. The Kier molecular flexibility index (Phi) is 3.36. The normalized spacial score (nSPS) is 21.1. The number of hydrogen-bond acceptors (Lipinski definition) is 2. The molecule has 0 radical (unpaired) electrons. The average molecular weight is 286 g/mol. The van der Waals surface area contributed by atoms with Gasteiger partial charge in [0.1, 0.15) is 0 Å². The highest BCUT2D eigenvalue weighted by Crippen LogP contribution is 2.28. The number of halogens is 1. The van der Waals surface area contributed by atoms with E-state index in [1.165, 1.54) is 4.90 Å². The number of amides is 1. The van der Waals surface area contributed by atoms with E-state index in [4.69, 9.17) is 0 Å². The fourth-order valence-electron chi connectivity index (χ4n) is 1.68. The van der Waals surface area contributed by atoms with E-state index in [2.05, 4.69) is 28.1 Å². The second-order valence-corrected chi connectivity index (χ2v) is 5.43. The third-order valence-electron chi connectivity index (χ3n) is 2.51. The number of nitrogens with zero attached hydrogens (tertiary/aromatic N) is 1. The molecule has 2 rings (SSSR count). The molecule has 1 saturated heterocycles. The summed E-state index contributed by atoms with van der Waals surface area (Å²) in [6.07, 6.45) is 2.93. The topological polar surface area (TPSA) is 20.3 Å². The fraction of sp³-hybridized carbons (Fsp3) is 0.364. The van der Waals surface area contributed by atoms with Crippen molar-refractivity contribution in [2.24, 2.45) is 0 Å². The van der Waals surface area contributed by atoms with Crippen LogP contribution in [-0.2, 0) is 4.79 Å². The van der Waals surface area contributed by atoms with Crippen LogP contribution in [0.1, 0.15) is 6.42 Å². The van der Waals surface area contributed by atoms with Crippen molar-refractivity contribution in [3.05, 3.63) is 24.3 Å². The van der Waals surface area contributed by atoms with Crippen LogP contribution in [-0.4, -0.2) is 23.5 Å². The maximum absolute atomic E-state index is 11.8. The minimum absolute atomic E-state index is 0.00423. The first-order valence-corrected chi connectivity index (χ1v) is 6.96. The summed E-state index contributed by atoms with van der Waals surface area (Å²) >= 11 is 5.07. The summed E-state index contributed by atoms with van der Waals surface area (Å²) < 4.78 is 0. The third kappa shape index (κ3) is 2.21. The highest BCUT2D eigenvalue weighted by Gasteiger charge is 2.30. The number of hydrogen-bond donors (Lipinski definition) is 0. The number of benzene rings is 1. The van der Waals surface area contributed by atoms with Crippen molar-refractivity contribution in [3.63, 3.8) is 0 Å². The summed E-state index contributed by atoms with van der Waals surface area (Å²) in [5.74, 6) is 0.174. The number of anilines is 1. The minimum atomic E-state index is -0.00423. The molecule has 1 aromatic rings. The summed E-state index contributed by atoms with van der Waals surface area (Å²) in [6.45, 7) is 0.812. The molecule has 1 aliphatic rings. The van der Waals surface area contributed by atoms with E-state index in [0.717, 1.165) is 18.7 Å². The zero-order valence-electron chi connectivity index (χ0n) is 8.44. The van der Waals surface area contributed by atoms with Crippen LogP contribution in [0.4, 0.5) is 5.69 Å². The van der Waals surface area contributed by atoms with Gasteiger partial charge in [-0.05, 0) is 30.9 Å². The van der Waals surface area contributed by atoms with Crippen molar-refractivity contribution >= 4 is 39.3 Å². The summed E-state index contributed by atoms with van der Waals surface area (Å²) in [4.78, 5) is 14.8. The van der Waals surface area contributed by atoms with Crippen molar-refractivity contribution in [2.45, 2.75) is 16.1 Å². The van der Waals surface area contributed by atoms with Gasteiger partial charge in [-0.15, -0.1) is 11.8 Å². The SMILES string of the molecule is CSc1cccc(N2CCC(Br)C2=O)c1. The lowest BCUT2D eigenvalue weighted by molar-refractivity contribution is -0.116. The van der Waals surface area contributed by atoms with Gasteiger partial charge in [-0.2, -0.15) is 0 Å². The molecule has 15 heavy (non-hydrogen) atoms. The summed E-state index contributed by atoms with van der Waals surface area (Å²) in [5, 5.41) is 0. The van der Waals surface area contributed by atoms with Crippen molar-refractivity contribution in [1.29, 1.82) is 0 Å². The van der Waals surface area contributed by atoms with Gasteiger partial charge in [0.25, 0.3) is 0 Å². The molecule has 1 amide bonds. The molecule has 1 atom stereocenters. The standard InChI is InChI=1S/C11H12BrNOS/c1-15-9-4-2-3-8(7-9)13-6-5-10(12)11(13)14/h2-4,7,10H,5-6H2,1H3. The van der Waals surface area contributed by atoms with E-state index < -0.39 is 0 Å². The Hall–Kier alpha value is -0.480. The first kappa shape index (κ1) is 11.0. The number of alkyl halides is 1. The summed E-state index contributed by atoms with van der Waals surface area (Å²) in [7, 11) is 0. The van der Waals surface area contributed by atoms with Crippen LogP contribution < -0.4 is 4.90 Å². The van der Waals surface area contributed by atoms with Gasteiger partial charge in [0.05, 0.1) is 4.83 Å². The van der Waals surface area contributed by atoms with Crippen LogP contribution in [0.5, 0.6) is 0 Å². The molecule has 0 aliphatic carbocycles. The Bertz CT molecular complexity index is 383. The van der Waals surface area contributed by atoms with Gasteiger partial charge in [-0.3, -0.25) is 4.79 Å². The van der Waals surface area contributed by atoms with Gasteiger partial charge in [0.15, 0.2) is 0 Å². The molecule has 80 valence electrons. The van der Waals surface area contributed by atoms with E-state index in [9.17, 15) is 4.79 Å². The van der Waals surface area contributed by atoms with Gasteiger partial charge >= 0.3 is 0 Å². The Balaban J connectivity index is 2.26. The quantitative estimate of drug-likeness (QED) is 0.615. The van der Waals surface area contributed by atoms with Crippen LogP contribution in [0.2, 0.25) is 0 Å². The monoisotopic (exact) mass is 285 g/mol. The molecule has 2 nitrogen and oxygen atoms in total. The molecule has 0 spiro atoms. The van der Waals surface area contributed by atoms with Crippen molar-refractivity contribution in [3.8, 4) is 0 Å². The predicted octanol–water partition coefficient (Wildman–Crippen LogP) is 2.91. The smallest absolute Gasteiger partial charge is 0.240 e. The maximum atomic E-state index is 11.8. The molecule has 0 aromatic heterocycles. The lowest BCUT2D eigenvalue weighted by Gasteiger charge is -2.16. The van der Waals surface area contributed by atoms with Crippen molar-refractivity contribution in [1.82, 2.24) is 0 Å². The Morgan fingerprint density at radius 2 is 2.33 bits per heavy atom. The summed E-state index contributed by atoms with van der Waals surface area (Å²) in [5.41, 5.74) is 1.01. The van der Waals surface area contributed by atoms with Crippen LogP contribution in [0.15, 0.2) is 29.2 Å². The largest absolute Gasteiger partial charge is 0.311 e. The first-order chi connectivity index (χ1) is 7.22. The molecule has 0 bridgehead atoms. The van der Waals surface area contributed by atoms with Gasteiger partial charge < -0.3 is 4.90 Å². The Morgan fingerprint density at radius 3 is 2.93 bits per heavy atom. The number of thioether (sulfide) groups is 1. The van der Waals surface area contributed by atoms with E-state index in [1.807, 2.05) is 23.3 Å². The molecule has 0 N–H and O–H groups in total. The molecule has 1 unspecified atom stereocenters. The van der Waals surface area contributed by atoms with Crippen molar-refractivity contribution < 1.29 is 4.79 Å². The Morgan fingerprint density at radius 1 is 1.53 bits per heavy atom. The second kappa shape index (κ2) is 4.58. The van der Waals surface area contributed by atoms with E-state index in [0.29, 0.717) is 0 Å². The van der Waals surface area contributed by atoms with Crippen LogP contribution in [0.3, 0.4) is 0 Å². The molecule has 1 fully saturated rings.